The summed E-state index contributed by atoms with van der Waals surface area (Å²) in [5, 5.41) is 0. The molecule has 4 heteroatoms. The fraction of sp³-hybridized carbons (Fsp3) is 0.267. The van der Waals surface area contributed by atoms with Crippen LogP contribution in [0.5, 0.6) is 11.6 Å². The van der Waals surface area contributed by atoms with E-state index < -0.39 is 5.82 Å². The summed E-state index contributed by atoms with van der Waals surface area (Å²) in [5.74, 6) is 0.192. The van der Waals surface area contributed by atoms with Crippen LogP contribution in [0.2, 0.25) is 0 Å². The summed E-state index contributed by atoms with van der Waals surface area (Å²) in [6, 6.07) is 8.44. The highest BCUT2D eigenvalue weighted by atomic mass is 19.1. The van der Waals surface area contributed by atoms with Gasteiger partial charge in [0.25, 0.3) is 0 Å². The summed E-state index contributed by atoms with van der Waals surface area (Å²) >= 11 is 0. The van der Waals surface area contributed by atoms with Gasteiger partial charge in [0, 0.05) is 17.8 Å². The summed E-state index contributed by atoms with van der Waals surface area (Å²) in [7, 11) is 0. The van der Waals surface area contributed by atoms with E-state index in [0.717, 1.165) is 11.1 Å². The average Bonchev–Trinajstić information content (AvgIpc) is 2.35. The van der Waals surface area contributed by atoms with Crippen LogP contribution in [-0.2, 0) is 6.42 Å². The molecule has 1 unspecified atom stereocenters. The maximum absolute atomic E-state index is 13.7. The van der Waals surface area contributed by atoms with Gasteiger partial charge in [-0.05, 0) is 44.0 Å². The Hall–Kier alpha value is -1.94. The van der Waals surface area contributed by atoms with Crippen molar-refractivity contribution in [3.05, 3.63) is 53.5 Å². The molecule has 1 aromatic carbocycles. The van der Waals surface area contributed by atoms with Gasteiger partial charge in [-0.15, -0.1) is 0 Å². The number of rotatable bonds is 4. The van der Waals surface area contributed by atoms with E-state index in [9.17, 15) is 4.39 Å². The Morgan fingerprint density at radius 2 is 2.16 bits per heavy atom. The molecule has 2 aromatic rings. The Bertz CT molecular complexity index is 570. The van der Waals surface area contributed by atoms with Crippen molar-refractivity contribution in [1.82, 2.24) is 4.98 Å². The van der Waals surface area contributed by atoms with E-state index in [-0.39, 0.29) is 11.8 Å². The molecule has 0 saturated heterocycles. The van der Waals surface area contributed by atoms with Crippen molar-refractivity contribution in [2.45, 2.75) is 26.3 Å². The van der Waals surface area contributed by atoms with Crippen LogP contribution in [0, 0.1) is 12.7 Å². The lowest BCUT2D eigenvalue weighted by Crippen LogP contribution is -2.18. The summed E-state index contributed by atoms with van der Waals surface area (Å²) in [6.45, 7) is 3.79. The van der Waals surface area contributed by atoms with Crippen LogP contribution in [0.1, 0.15) is 18.1 Å². The quantitative estimate of drug-likeness (QED) is 0.918. The molecule has 1 heterocycles. The second kappa shape index (κ2) is 5.80. The Morgan fingerprint density at radius 1 is 1.37 bits per heavy atom. The van der Waals surface area contributed by atoms with Crippen LogP contribution in [-0.4, -0.2) is 11.0 Å². The van der Waals surface area contributed by atoms with Gasteiger partial charge >= 0.3 is 0 Å². The van der Waals surface area contributed by atoms with Crippen molar-refractivity contribution in [3.63, 3.8) is 0 Å². The van der Waals surface area contributed by atoms with Gasteiger partial charge in [0.05, 0.1) is 0 Å². The van der Waals surface area contributed by atoms with Crippen LogP contribution < -0.4 is 10.5 Å². The molecule has 0 bridgehead atoms. The number of aryl methyl sites for hydroxylation is 1. The van der Waals surface area contributed by atoms with Gasteiger partial charge in [0.15, 0.2) is 11.6 Å². The van der Waals surface area contributed by atoms with Gasteiger partial charge < -0.3 is 10.5 Å². The van der Waals surface area contributed by atoms with Gasteiger partial charge in [-0.25, -0.2) is 9.37 Å². The van der Waals surface area contributed by atoms with Crippen molar-refractivity contribution < 1.29 is 9.13 Å². The standard InChI is InChI=1S/C15H17FN2O/c1-10-5-6-13(16)14(8-10)19-15-12(9-11(2)17)4-3-7-18-15/h3-8,11H,9,17H2,1-2H3. The van der Waals surface area contributed by atoms with Crippen molar-refractivity contribution in [2.75, 3.05) is 0 Å². The first-order valence-corrected chi connectivity index (χ1v) is 6.19. The number of hydrogen-bond acceptors (Lipinski definition) is 3. The highest BCUT2D eigenvalue weighted by Gasteiger charge is 2.11. The number of hydrogen-bond donors (Lipinski definition) is 1. The third-order valence-electron chi connectivity index (χ3n) is 2.69. The lowest BCUT2D eigenvalue weighted by molar-refractivity contribution is 0.420. The van der Waals surface area contributed by atoms with Crippen LogP contribution in [0.25, 0.3) is 0 Å². The van der Waals surface area contributed by atoms with Gasteiger partial charge in [0.1, 0.15) is 0 Å². The smallest absolute Gasteiger partial charge is 0.222 e. The minimum Gasteiger partial charge on any atom is -0.436 e. The van der Waals surface area contributed by atoms with Gasteiger partial charge in [-0.2, -0.15) is 0 Å². The van der Waals surface area contributed by atoms with Crippen LogP contribution in [0.15, 0.2) is 36.5 Å². The third kappa shape index (κ3) is 3.51. The number of pyridine rings is 1. The molecule has 0 saturated carbocycles. The van der Waals surface area contributed by atoms with E-state index in [1.54, 1.807) is 18.3 Å². The number of halogens is 1. The van der Waals surface area contributed by atoms with Crippen LogP contribution >= 0.6 is 0 Å². The Labute approximate surface area is 112 Å². The second-order valence-electron chi connectivity index (χ2n) is 4.69. The Balaban J connectivity index is 2.30. The topological polar surface area (TPSA) is 48.1 Å². The maximum atomic E-state index is 13.7. The normalized spacial score (nSPS) is 12.2. The number of nitrogens with two attached hydrogens (primary N) is 1. The molecule has 0 aliphatic rings. The van der Waals surface area contributed by atoms with Gasteiger partial charge in [-0.3, -0.25) is 0 Å². The minimum absolute atomic E-state index is 0.00564. The molecule has 0 spiro atoms. The first-order chi connectivity index (χ1) is 9.06. The Kier molecular flexibility index (Phi) is 4.12. The number of aromatic nitrogens is 1. The predicted molar refractivity (Wildman–Crippen MR) is 72.8 cm³/mol. The molecule has 2 rings (SSSR count). The fourth-order valence-corrected chi connectivity index (χ4v) is 1.81. The van der Waals surface area contributed by atoms with Crippen LogP contribution in [0.3, 0.4) is 0 Å². The van der Waals surface area contributed by atoms with Crippen molar-refractivity contribution in [3.8, 4) is 11.6 Å². The molecule has 0 fully saturated rings. The Morgan fingerprint density at radius 3 is 2.89 bits per heavy atom. The van der Waals surface area contributed by atoms with E-state index >= 15 is 0 Å². The summed E-state index contributed by atoms with van der Waals surface area (Å²) in [5.41, 5.74) is 7.59. The molecule has 0 amide bonds. The molecule has 1 aromatic heterocycles. The molecule has 0 aliphatic carbocycles. The molecule has 100 valence electrons. The van der Waals surface area contributed by atoms with Gasteiger partial charge in [-0.1, -0.05) is 12.1 Å². The molecule has 1 atom stereocenters. The largest absolute Gasteiger partial charge is 0.436 e. The summed E-state index contributed by atoms with van der Waals surface area (Å²) in [4.78, 5) is 4.15. The molecule has 2 N–H and O–H groups in total. The van der Waals surface area contributed by atoms with E-state index in [4.69, 9.17) is 10.5 Å². The molecular formula is C15H17FN2O. The lowest BCUT2D eigenvalue weighted by atomic mass is 10.1. The average molecular weight is 260 g/mol. The molecule has 3 nitrogen and oxygen atoms in total. The molecule has 0 radical (unpaired) electrons. The molecule has 19 heavy (non-hydrogen) atoms. The second-order valence-corrected chi connectivity index (χ2v) is 4.69. The van der Waals surface area contributed by atoms with E-state index in [1.807, 2.05) is 26.0 Å². The highest BCUT2D eigenvalue weighted by Crippen LogP contribution is 2.26. The zero-order valence-corrected chi connectivity index (χ0v) is 11.1. The van der Waals surface area contributed by atoms with E-state index in [2.05, 4.69) is 4.98 Å². The lowest BCUT2D eigenvalue weighted by Gasteiger charge is -2.12. The molecular weight excluding hydrogens is 243 g/mol. The van der Waals surface area contributed by atoms with Crippen molar-refractivity contribution in [1.29, 1.82) is 0 Å². The number of ether oxygens (including phenoxy) is 1. The first kappa shape index (κ1) is 13.5. The first-order valence-electron chi connectivity index (χ1n) is 6.19. The maximum Gasteiger partial charge on any atom is 0.222 e. The van der Waals surface area contributed by atoms with Crippen molar-refractivity contribution in [2.24, 2.45) is 5.73 Å². The third-order valence-corrected chi connectivity index (χ3v) is 2.69. The molecule has 0 aliphatic heterocycles. The van der Waals surface area contributed by atoms with Gasteiger partial charge in [0.2, 0.25) is 5.88 Å². The fourth-order valence-electron chi connectivity index (χ4n) is 1.81. The monoisotopic (exact) mass is 260 g/mol. The zero-order valence-electron chi connectivity index (χ0n) is 11.1. The van der Waals surface area contributed by atoms with Crippen molar-refractivity contribution >= 4 is 0 Å². The predicted octanol–water partition coefficient (Wildman–Crippen LogP) is 3.21. The number of benzene rings is 1. The highest BCUT2D eigenvalue weighted by molar-refractivity contribution is 5.35. The number of nitrogens with zero attached hydrogens (tertiary/aromatic N) is 1. The zero-order chi connectivity index (χ0) is 13.8. The van der Waals surface area contributed by atoms with Crippen LogP contribution in [0.4, 0.5) is 4.39 Å². The van der Waals surface area contributed by atoms with E-state index in [0.29, 0.717) is 12.3 Å². The summed E-state index contributed by atoms with van der Waals surface area (Å²) < 4.78 is 19.3. The SMILES string of the molecule is Cc1ccc(F)c(Oc2ncccc2CC(C)N)c1. The van der Waals surface area contributed by atoms with E-state index in [1.165, 1.54) is 6.07 Å². The minimum atomic E-state index is -0.400. The summed E-state index contributed by atoms with van der Waals surface area (Å²) in [6.07, 6.45) is 2.25.